The molecule has 1 saturated heterocycles. The van der Waals surface area contributed by atoms with Gasteiger partial charge in [0.2, 0.25) is 0 Å². The number of nitrogens with zero attached hydrogens (tertiary/aromatic N) is 1. The van der Waals surface area contributed by atoms with Crippen LogP contribution in [0.15, 0.2) is 15.8 Å². The number of hydrogen-bond acceptors (Lipinski definition) is 3. The second-order valence-electron chi connectivity index (χ2n) is 4.95. The second kappa shape index (κ2) is 6.62. The van der Waals surface area contributed by atoms with Gasteiger partial charge in [0.1, 0.15) is 0 Å². The van der Waals surface area contributed by atoms with Gasteiger partial charge in [-0.05, 0) is 0 Å². The number of nitrogens with one attached hydrogen (secondary N) is 1. The molecule has 0 amide bonds. The van der Waals surface area contributed by atoms with E-state index in [1.54, 1.807) is 0 Å². The van der Waals surface area contributed by atoms with Gasteiger partial charge in [-0.1, -0.05) is 0 Å². The van der Waals surface area contributed by atoms with Crippen molar-refractivity contribution in [1.29, 1.82) is 0 Å². The Bertz CT molecular complexity index is 671. The van der Waals surface area contributed by atoms with Crippen molar-refractivity contribution in [2.24, 2.45) is 11.8 Å². The zero-order chi connectivity index (χ0) is 14.9. The standard InChI is InChI=1S/C13H15I2N2O3/c1-7-8(2)12(20-9(7)3)17-6-10(4-5-15-14)11(18)16-13(17)19/h6-9,12H,1-3H3,(H,16,18,19)/q-1. The molecular formula is C13H15I2N2O3-. The molecule has 0 aromatic carbocycles. The molecule has 2 heterocycles. The monoisotopic (exact) mass is 501 g/mol. The van der Waals surface area contributed by atoms with Crippen molar-refractivity contribution in [2.75, 3.05) is 0 Å². The number of rotatable bonds is 1. The first-order chi connectivity index (χ1) is 9.45. The maximum absolute atomic E-state index is 12.0. The number of halogens is 2. The van der Waals surface area contributed by atoms with E-state index >= 15 is 0 Å². The first kappa shape index (κ1) is 16.0. The van der Waals surface area contributed by atoms with Gasteiger partial charge in [-0.3, -0.25) is 0 Å². The molecule has 1 fully saturated rings. The zero-order valence-electron chi connectivity index (χ0n) is 11.3. The van der Waals surface area contributed by atoms with Gasteiger partial charge in [-0.15, -0.1) is 0 Å². The van der Waals surface area contributed by atoms with E-state index in [-0.39, 0.29) is 35.5 Å². The molecule has 5 nitrogen and oxygen atoms in total. The summed E-state index contributed by atoms with van der Waals surface area (Å²) in [6, 6.07) is 0. The van der Waals surface area contributed by atoms with Crippen LogP contribution in [-0.4, -0.2) is 15.7 Å². The fourth-order valence-corrected chi connectivity index (χ4v) is 3.38. The van der Waals surface area contributed by atoms with Crippen LogP contribution in [0.1, 0.15) is 32.6 Å². The summed E-state index contributed by atoms with van der Waals surface area (Å²) < 4.78 is 10.3. The molecule has 110 valence electrons. The Labute approximate surface area is 136 Å². The fourth-order valence-electron chi connectivity index (χ4n) is 2.31. The summed E-state index contributed by atoms with van der Waals surface area (Å²) in [7, 11) is 0. The average molecular weight is 501 g/mol. The van der Waals surface area contributed by atoms with Gasteiger partial charge in [-0.2, -0.15) is 0 Å². The summed E-state index contributed by atoms with van der Waals surface area (Å²) in [4.78, 5) is 26.0. The topological polar surface area (TPSA) is 64.1 Å². The number of aromatic amines is 1. The fraction of sp³-hybridized carbons (Fsp3) is 0.538. The van der Waals surface area contributed by atoms with Crippen molar-refractivity contribution in [3.63, 3.8) is 0 Å². The molecule has 0 radical (unpaired) electrons. The summed E-state index contributed by atoms with van der Waals surface area (Å²) >= 11 is 1.97. The van der Waals surface area contributed by atoms with Crippen molar-refractivity contribution in [3.8, 4) is 9.85 Å². The first-order valence-electron chi connectivity index (χ1n) is 6.22. The van der Waals surface area contributed by atoms with E-state index in [4.69, 9.17) is 4.74 Å². The van der Waals surface area contributed by atoms with Crippen LogP contribution in [0.2, 0.25) is 0 Å². The van der Waals surface area contributed by atoms with Crippen LogP contribution < -0.4 is 28.5 Å². The first-order valence-corrected chi connectivity index (χ1v) is 13.6. The third-order valence-electron chi connectivity index (χ3n) is 3.83. The summed E-state index contributed by atoms with van der Waals surface area (Å²) in [5.74, 6) is 3.38. The van der Waals surface area contributed by atoms with Crippen LogP contribution in [0.3, 0.4) is 0 Å². The predicted octanol–water partition coefficient (Wildman–Crippen LogP) is -1.53. The minimum atomic E-state index is -0.442. The molecule has 4 atom stereocenters. The molecule has 1 aromatic heterocycles. The molecule has 1 aliphatic rings. The van der Waals surface area contributed by atoms with E-state index in [1.165, 1.54) is 10.8 Å². The third-order valence-corrected chi connectivity index (χ3v) is 5.67. The van der Waals surface area contributed by atoms with Gasteiger partial charge in [0.25, 0.3) is 0 Å². The summed E-state index contributed by atoms with van der Waals surface area (Å²) in [6.07, 6.45) is 1.26. The summed E-state index contributed by atoms with van der Waals surface area (Å²) in [6.45, 7) is 6.16. The zero-order valence-corrected chi connectivity index (χ0v) is 15.6. The van der Waals surface area contributed by atoms with Crippen LogP contribution in [0.25, 0.3) is 0 Å². The van der Waals surface area contributed by atoms with Crippen LogP contribution >= 0.6 is 18.6 Å². The Morgan fingerprint density at radius 1 is 1.35 bits per heavy atom. The van der Waals surface area contributed by atoms with E-state index in [0.29, 0.717) is 11.5 Å². The number of aromatic nitrogens is 2. The third kappa shape index (κ3) is 3.12. The van der Waals surface area contributed by atoms with Crippen molar-refractivity contribution in [1.82, 2.24) is 9.55 Å². The van der Waals surface area contributed by atoms with Crippen molar-refractivity contribution < 1.29 is 22.0 Å². The van der Waals surface area contributed by atoms with Crippen LogP contribution in [0.4, 0.5) is 0 Å². The van der Waals surface area contributed by atoms with E-state index in [2.05, 4.69) is 47.3 Å². The minimum absolute atomic E-state index is 0.0866. The van der Waals surface area contributed by atoms with Crippen LogP contribution in [0, 0.1) is 21.7 Å². The Morgan fingerprint density at radius 2 is 2.05 bits per heavy atom. The second-order valence-corrected chi connectivity index (χ2v) is 8.63. The molecule has 1 N–H and O–H groups in total. The van der Waals surface area contributed by atoms with Crippen molar-refractivity contribution in [2.45, 2.75) is 33.1 Å². The van der Waals surface area contributed by atoms with Gasteiger partial charge in [0.05, 0.1) is 0 Å². The van der Waals surface area contributed by atoms with Gasteiger partial charge in [0, 0.05) is 0 Å². The van der Waals surface area contributed by atoms with Crippen LogP contribution in [-0.2, 0) is 4.74 Å². The molecule has 20 heavy (non-hydrogen) atoms. The Balaban J connectivity index is 2.47. The molecule has 1 aliphatic heterocycles. The van der Waals surface area contributed by atoms with E-state index in [1.807, 2.05) is 6.92 Å². The summed E-state index contributed by atoms with van der Waals surface area (Å²) in [5, 5.41) is 0. The Kier molecular flexibility index (Phi) is 5.30. The maximum atomic E-state index is 12.0. The summed E-state index contributed by atoms with van der Waals surface area (Å²) in [5.41, 5.74) is -0.550. The Morgan fingerprint density at radius 3 is 2.60 bits per heavy atom. The number of ether oxygens (including phenoxy) is 1. The molecule has 0 saturated carbocycles. The quantitative estimate of drug-likeness (QED) is 0.376. The van der Waals surface area contributed by atoms with E-state index < -0.39 is 11.2 Å². The number of H-pyrrole nitrogens is 1. The molecule has 7 heteroatoms. The molecule has 1 aromatic rings. The molecule has 0 bridgehead atoms. The van der Waals surface area contributed by atoms with E-state index in [0.717, 1.165) is 0 Å². The molecule has 0 aliphatic carbocycles. The molecule has 0 spiro atoms. The molecule has 2 rings (SSSR count). The molecule has 4 unspecified atom stereocenters. The normalized spacial score (nSPS) is 29.2. The van der Waals surface area contributed by atoms with Gasteiger partial charge in [0.15, 0.2) is 0 Å². The van der Waals surface area contributed by atoms with Gasteiger partial charge in [-0.25, -0.2) is 0 Å². The van der Waals surface area contributed by atoms with Crippen LogP contribution in [0.5, 0.6) is 0 Å². The Hall–Kier alpha value is -0.340. The number of hydrogen-bond donors (Lipinski definition) is 1. The van der Waals surface area contributed by atoms with Crippen molar-refractivity contribution >= 4 is 18.6 Å². The predicted molar refractivity (Wildman–Crippen MR) is 80.1 cm³/mol. The van der Waals surface area contributed by atoms with Gasteiger partial charge >= 0.3 is 138 Å². The molecular weight excluding hydrogens is 486 g/mol. The van der Waals surface area contributed by atoms with Crippen molar-refractivity contribution in [3.05, 3.63) is 32.6 Å². The van der Waals surface area contributed by atoms with E-state index in [9.17, 15) is 9.59 Å². The SMILES string of the molecule is CC1OC(n2cc(C#C[I-]I)c(=O)[nH]c2=O)C(C)C1C. The average Bonchev–Trinajstić information content (AvgIpc) is 2.66. The van der Waals surface area contributed by atoms with Gasteiger partial charge < -0.3 is 0 Å².